The lowest BCUT2D eigenvalue weighted by Gasteiger charge is -2.13. The Labute approximate surface area is 177 Å². The van der Waals surface area contributed by atoms with Crippen LogP contribution in [0, 0.1) is 6.92 Å². The topological polar surface area (TPSA) is 84.2 Å². The number of fused-ring (bicyclic) bond motifs is 1. The Hall–Kier alpha value is -3.64. The van der Waals surface area contributed by atoms with Gasteiger partial charge in [-0.25, -0.2) is 4.98 Å². The molecule has 0 bridgehead atoms. The molecule has 0 radical (unpaired) electrons. The molecule has 2 aromatic heterocycles. The molecule has 2 heterocycles. The van der Waals surface area contributed by atoms with Crippen LogP contribution < -0.4 is 10.9 Å². The summed E-state index contributed by atoms with van der Waals surface area (Å²) in [4.78, 5) is 30.4. The van der Waals surface area contributed by atoms with Crippen molar-refractivity contribution in [2.45, 2.75) is 13.5 Å². The summed E-state index contributed by atoms with van der Waals surface area (Å²) in [5, 5.41) is 13.5. The van der Waals surface area contributed by atoms with Gasteiger partial charge in [0.1, 0.15) is 17.0 Å². The van der Waals surface area contributed by atoms with Crippen molar-refractivity contribution in [3.63, 3.8) is 0 Å². The first-order chi connectivity index (χ1) is 14.4. The summed E-state index contributed by atoms with van der Waals surface area (Å²) in [5.74, 6) is -0.781. The fourth-order valence-corrected chi connectivity index (χ4v) is 3.36. The van der Waals surface area contributed by atoms with Crippen LogP contribution in [0.4, 0.5) is 5.69 Å². The van der Waals surface area contributed by atoms with Gasteiger partial charge < -0.3 is 10.4 Å². The third kappa shape index (κ3) is 3.90. The predicted molar refractivity (Wildman–Crippen MR) is 117 cm³/mol. The fraction of sp³-hybridized carbons (Fsp3) is 0.0870. The molecular formula is C23H18ClN3O3. The molecule has 0 unspecified atom stereocenters. The second-order valence-electron chi connectivity index (χ2n) is 6.97. The van der Waals surface area contributed by atoms with E-state index in [-0.39, 0.29) is 23.5 Å². The van der Waals surface area contributed by atoms with Gasteiger partial charge in [0.2, 0.25) is 0 Å². The normalized spacial score (nSPS) is 10.9. The van der Waals surface area contributed by atoms with Crippen LogP contribution in [-0.2, 0) is 6.54 Å². The van der Waals surface area contributed by atoms with E-state index in [1.165, 1.54) is 28.8 Å². The van der Waals surface area contributed by atoms with Gasteiger partial charge in [-0.2, -0.15) is 0 Å². The number of aromatic hydroxyl groups is 1. The predicted octanol–water partition coefficient (Wildman–Crippen LogP) is 4.36. The van der Waals surface area contributed by atoms with E-state index in [4.69, 9.17) is 11.6 Å². The van der Waals surface area contributed by atoms with Gasteiger partial charge in [0.25, 0.3) is 11.5 Å². The summed E-state index contributed by atoms with van der Waals surface area (Å²) in [6.45, 7) is 2.26. The number of nitrogens with one attached hydrogen (secondary N) is 1. The number of benzene rings is 2. The average molecular weight is 420 g/mol. The number of rotatable bonds is 4. The Balaban J connectivity index is 1.79. The number of halogens is 1. The number of phenolic OH excluding ortho intramolecular Hbond substituents is 1. The van der Waals surface area contributed by atoms with E-state index in [2.05, 4.69) is 10.3 Å². The van der Waals surface area contributed by atoms with Crippen LogP contribution in [0.1, 0.15) is 21.5 Å². The molecule has 0 fully saturated rings. The Morgan fingerprint density at radius 1 is 1.13 bits per heavy atom. The molecular weight excluding hydrogens is 402 g/mol. The molecule has 4 rings (SSSR count). The summed E-state index contributed by atoms with van der Waals surface area (Å²) in [6.07, 6.45) is 1.61. The lowest BCUT2D eigenvalue weighted by molar-refractivity contribution is 0.102. The number of hydrogen-bond acceptors (Lipinski definition) is 4. The fourth-order valence-electron chi connectivity index (χ4n) is 3.19. The molecule has 0 spiro atoms. The van der Waals surface area contributed by atoms with E-state index < -0.39 is 11.5 Å². The monoisotopic (exact) mass is 419 g/mol. The van der Waals surface area contributed by atoms with Crippen molar-refractivity contribution in [1.82, 2.24) is 9.55 Å². The number of anilines is 1. The standard InChI is InChI=1S/C23H18ClN3O3/c1-14-4-6-15(7-5-14)13-27-21-16(3-2-10-25-21)11-18(23(27)30)22(29)26-19-12-17(24)8-9-20(19)28/h2-12,28H,13H2,1H3,(H,26,29). The zero-order valence-electron chi connectivity index (χ0n) is 16.1. The molecule has 0 aliphatic carbocycles. The number of amides is 1. The van der Waals surface area contributed by atoms with E-state index in [1.54, 1.807) is 18.3 Å². The smallest absolute Gasteiger partial charge is 0.265 e. The van der Waals surface area contributed by atoms with Gasteiger partial charge >= 0.3 is 0 Å². The maximum Gasteiger partial charge on any atom is 0.265 e. The Morgan fingerprint density at radius 2 is 1.90 bits per heavy atom. The first-order valence-corrected chi connectivity index (χ1v) is 9.64. The second-order valence-corrected chi connectivity index (χ2v) is 7.40. The Bertz CT molecular complexity index is 1310. The number of carbonyl (C=O) groups is 1. The third-order valence-electron chi connectivity index (χ3n) is 4.76. The zero-order valence-corrected chi connectivity index (χ0v) is 16.8. The van der Waals surface area contributed by atoms with Crippen LogP contribution in [0.15, 0.2) is 71.7 Å². The average Bonchev–Trinajstić information content (AvgIpc) is 2.74. The molecule has 4 aromatic rings. The van der Waals surface area contributed by atoms with Crippen LogP contribution in [0.5, 0.6) is 5.75 Å². The van der Waals surface area contributed by atoms with Crippen LogP contribution in [0.2, 0.25) is 5.02 Å². The minimum absolute atomic E-state index is 0.0537. The Kier molecular flexibility index (Phi) is 5.25. The molecule has 2 aromatic carbocycles. The minimum atomic E-state index is -0.638. The quantitative estimate of drug-likeness (QED) is 0.481. The van der Waals surface area contributed by atoms with Crippen molar-refractivity contribution < 1.29 is 9.90 Å². The maximum absolute atomic E-state index is 13.2. The number of aryl methyl sites for hydroxylation is 1. The molecule has 0 saturated heterocycles. The molecule has 6 nitrogen and oxygen atoms in total. The van der Waals surface area contributed by atoms with E-state index in [0.717, 1.165) is 11.1 Å². The SMILES string of the molecule is Cc1ccc(Cn2c(=O)c(C(=O)Nc3cc(Cl)ccc3O)cc3cccnc32)cc1. The molecule has 7 heteroatoms. The number of phenols is 1. The van der Waals surface area contributed by atoms with E-state index in [1.807, 2.05) is 31.2 Å². The number of carbonyl (C=O) groups excluding carboxylic acids is 1. The lowest BCUT2D eigenvalue weighted by Crippen LogP contribution is -2.30. The molecule has 1 amide bonds. The highest BCUT2D eigenvalue weighted by Gasteiger charge is 2.18. The van der Waals surface area contributed by atoms with E-state index in [0.29, 0.717) is 16.1 Å². The largest absolute Gasteiger partial charge is 0.506 e. The highest BCUT2D eigenvalue weighted by atomic mass is 35.5. The summed E-state index contributed by atoms with van der Waals surface area (Å²) in [7, 11) is 0. The summed E-state index contributed by atoms with van der Waals surface area (Å²) < 4.78 is 1.48. The van der Waals surface area contributed by atoms with Crippen molar-refractivity contribution >= 4 is 34.2 Å². The van der Waals surface area contributed by atoms with Crippen molar-refractivity contribution in [1.29, 1.82) is 0 Å². The molecule has 0 atom stereocenters. The summed E-state index contributed by atoms with van der Waals surface area (Å²) in [5.41, 5.74) is 2.12. The van der Waals surface area contributed by atoms with Gasteiger partial charge in [0.15, 0.2) is 0 Å². The minimum Gasteiger partial charge on any atom is -0.506 e. The van der Waals surface area contributed by atoms with Gasteiger partial charge in [-0.1, -0.05) is 41.4 Å². The van der Waals surface area contributed by atoms with Crippen molar-refractivity contribution in [3.05, 3.63) is 98.9 Å². The summed E-state index contributed by atoms with van der Waals surface area (Å²) in [6, 6.07) is 17.1. The van der Waals surface area contributed by atoms with Crippen molar-refractivity contribution in [2.75, 3.05) is 5.32 Å². The second kappa shape index (κ2) is 8.00. The highest BCUT2D eigenvalue weighted by Crippen LogP contribution is 2.27. The molecule has 2 N–H and O–H groups in total. The molecule has 0 aliphatic heterocycles. The van der Waals surface area contributed by atoms with Crippen LogP contribution in [0.25, 0.3) is 11.0 Å². The maximum atomic E-state index is 13.2. The van der Waals surface area contributed by atoms with Crippen molar-refractivity contribution in [3.8, 4) is 5.75 Å². The Morgan fingerprint density at radius 3 is 2.67 bits per heavy atom. The van der Waals surface area contributed by atoms with E-state index >= 15 is 0 Å². The van der Waals surface area contributed by atoms with Gasteiger partial charge in [-0.3, -0.25) is 14.2 Å². The van der Waals surface area contributed by atoms with Gasteiger partial charge in [0, 0.05) is 16.6 Å². The van der Waals surface area contributed by atoms with Gasteiger partial charge in [-0.05, 0) is 48.9 Å². The number of nitrogens with zero attached hydrogens (tertiary/aromatic N) is 2. The molecule has 150 valence electrons. The first kappa shape index (κ1) is 19.7. The first-order valence-electron chi connectivity index (χ1n) is 9.26. The third-order valence-corrected chi connectivity index (χ3v) is 5.00. The molecule has 0 aliphatic rings. The summed E-state index contributed by atoms with van der Waals surface area (Å²) >= 11 is 5.95. The molecule has 30 heavy (non-hydrogen) atoms. The van der Waals surface area contributed by atoms with Gasteiger partial charge in [-0.15, -0.1) is 0 Å². The van der Waals surface area contributed by atoms with Crippen LogP contribution in [0.3, 0.4) is 0 Å². The van der Waals surface area contributed by atoms with Crippen LogP contribution in [-0.4, -0.2) is 20.6 Å². The number of hydrogen-bond donors (Lipinski definition) is 2. The van der Waals surface area contributed by atoms with E-state index in [9.17, 15) is 14.7 Å². The lowest BCUT2D eigenvalue weighted by atomic mass is 10.1. The van der Waals surface area contributed by atoms with Gasteiger partial charge in [0.05, 0.1) is 12.2 Å². The number of pyridine rings is 2. The highest BCUT2D eigenvalue weighted by molar-refractivity contribution is 6.31. The number of aromatic nitrogens is 2. The zero-order chi connectivity index (χ0) is 21.3. The molecule has 0 saturated carbocycles. The van der Waals surface area contributed by atoms with Crippen molar-refractivity contribution in [2.24, 2.45) is 0 Å². The van der Waals surface area contributed by atoms with Crippen LogP contribution >= 0.6 is 11.6 Å².